The summed E-state index contributed by atoms with van der Waals surface area (Å²) in [5, 5.41) is 0. The van der Waals surface area contributed by atoms with Crippen molar-refractivity contribution in [3.63, 3.8) is 0 Å². The first-order valence-corrected chi connectivity index (χ1v) is 7.80. The molecule has 0 amide bonds. The minimum atomic E-state index is 0.0374. The smallest absolute Gasteiger partial charge is 0.0729 e. The van der Waals surface area contributed by atoms with Crippen LogP contribution in [0, 0.1) is 5.92 Å². The van der Waals surface area contributed by atoms with Crippen molar-refractivity contribution in [3.05, 3.63) is 0 Å². The van der Waals surface area contributed by atoms with Gasteiger partial charge < -0.3 is 24.7 Å². The van der Waals surface area contributed by atoms with Crippen LogP contribution in [0.4, 0.5) is 0 Å². The van der Waals surface area contributed by atoms with E-state index < -0.39 is 0 Å². The molecule has 0 saturated carbocycles. The van der Waals surface area contributed by atoms with Gasteiger partial charge in [-0.25, -0.2) is 0 Å². The van der Waals surface area contributed by atoms with Crippen LogP contribution in [0.25, 0.3) is 0 Å². The lowest BCUT2D eigenvalue weighted by atomic mass is 9.77. The van der Waals surface area contributed by atoms with Gasteiger partial charge in [-0.05, 0) is 38.0 Å². The molecule has 2 aliphatic rings. The maximum absolute atomic E-state index is 6.36. The van der Waals surface area contributed by atoms with Crippen molar-refractivity contribution in [3.8, 4) is 0 Å². The molecular weight excluding hydrogens is 258 g/mol. The Labute approximate surface area is 122 Å². The quantitative estimate of drug-likeness (QED) is 0.716. The highest BCUT2D eigenvalue weighted by atomic mass is 16.5. The second kappa shape index (κ2) is 8.29. The zero-order valence-corrected chi connectivity index (χ0v) is 12.6. The molecule has 2 saturated heterocycles. The summed E-state index contributed by atoms with van der Waals surface area (Å²) in [4.78, 5) is 0. The monoisotopic (exact) mass is 287 g/mol. The number of hydrogen-bond donors (Lipinski definition) is 1. The molecule has 2 rings (SSSR count). The average molecular weight is 287 g/mol. The fourth-order valence-electron chi connectivity index (χ4n) is 3.22. The largest absolute Gasteiger partial charge is 0.382 e. The predicted octanol–water partition coefficient (Wildman–Crippen LogP) is 1.34. The van der Waals surface area contributed by atoms with Crippen LogP contribution >= 0.6 is 0 Å². The highest BCUT2D eigenvalue weighted by Gasteiger charge is 2.40. The van der Waals surface area contributed by atoms with Crippen molar-refractivity contribution < 1.29 is 18.9 Å². The van der Waals surface area contributed by atoms with E-state index in [-0.39, 0.29) is 11.6 Å². The second-order valence-electron chi connectivity index (χ2n) is 5.95. The SMILES string of the molecule is COCCOCCC(N)C1CCOC2(CCOCC2)C1. The fraction of sp³-hybridized carbons (Fsp3) is 1.00. The summed E-state index contributed by atoms with van der Waals surface area (Å²) in [6.07, 6.45) is 5.10. The van der Waals surface area contributed by atoms with Crippen LogP contribution in [0.15, 0.2) is 0 Å². The molecule has 0 bridgehead atoms. The van der Waals surface area contributed by atoms with Crippen LogP contribution in [-0.2, 0) is 18.9 Å². The number of rotatable bonds is 7. The zero-order chi connectivity index (χ0) is 14.3. The molecule has 2 fully saturated rings. The van der Waals surface area contributed by atoms with E-state index in [4.69, 9.17) is 24.7 Å². The summed E-state index contributed by atoms with van der Waals surface area (Å²) in [5.74, 6) is 0.549. The van der Waals surface area contributed by atoms with Gasteiger partial charge in [-0.2, -0.15) is 0 Å². The molecule has 20 heavy (non-hydrogen) atoms. The molecule has 0 aliphatic carbocycles. The van der Waals surface area contributed by atoms with E-state index in [2.05, 4.69) is 0 Å². The molecule has 2 N–H and O–H groups in total. The van der Waals surface area contributed by atoms with Crippen molar-refractivity contribution in [2.45, 2.75) is 43.7 Å². The van der Waals surface area contributed by atoms with Crippen molar-refractivity contribution in [1.82, 2.24) is 0 Å². The lowest BCUT2D eigenvalue weighted by Crippen LogP contribution is -2.48. The topological polar surface area (TPSA) is 62.9 Å². The molecule has 2 aliphatic heterocycles. The van der Waals surface area contributed by atoms with E-state index in [1.165, 1.54) is 0 Å². The van der Waals surface area contributed by atoms with Gasteiger partial charge in [-0.1, -0.05) is 0 Å². The van der Waals surface area contributed by atoms with Gasteiger partial charge in [0.05, 0.1) is 18.8 Å². The van der Waals surface area contributed by atoms with Crippen molar-refractivity contribution in [2.24, 2.45) is 11.7 Å². The molecule has 5 heteroatoms. The Morgan fingerprint density at radius 3 is 2.75 bits per heavy atom. The lowest BCUT2D eigenvalue weighted by molar-refractivity contribution is -0.149. The normalized spacial score (nSPS) is 27.6. The molecule has 0 aromatic carbocycles. The minimum Gasteiger partial charge on any atom is -0.382 e. The first kappa shape index (κ1) is 16.2. The van der Waals surface area contributed by atoms with Crippen LogP contribution in [0.2, 0.25) is 0 Å². The van der Waals surface area contributed by atoms with Crippen LogP contribution < -0.4 is 5.73 Å². The third kappa shape index (κ3) is 4.67. The van der Waals surface area contributed by atoms with E-state index in [9.17, 15) is 0 Å². The summed E-state index contributed by atoms with van der Waals surface area (Å²) in [6, 6.07) is 0.209. The third-order valence-corrected chi connectivity index (χ3v) is 4.57. The molecule has 0 radical (unpaired) electrons. The third-order valence-electron chi connectivity index (χ3n) is 4.57. The van der Waals surface area contributed by atoms with Gasteiger partial charge in [0.15, 0.2) is 0 Å². The summed E-state index contributed by atoms with van der Waals surface area (Å²) in [7, 11) is 1.68. The Bertz CT molecular complexity index is 263. The van der Waals surface area contributed by atoms with Gasteiger partial charge in [-0.15, -0.1) is 0 Å². The number of nitrogens with two attached hydrogens (primary N) is 1. The summed E-state index contributed by atoms with van der Waals surface area (Å²) < 4.78 is 22.0. The number of ether oxygens (including phenoxy) is 4. The van der Waals surface area contributed by atoms with Crippen LogP contribution in [0.3, 0.4) is 0 Å². The molecule has 118 valence electrons. The van der Waals surface area contributed by atoms with E-state index in [1.54, 1.807) is 7.11 Å². The summed E-state index contributed by atoms with van der Waals surface area (Å²) >= 11 is 0. The predicted molar refractivity (Wildman–Crippen MR) is 76.7 cm³/mol. The average Bonchev–Trinajstić information content (AvgIpc) is 2.48. The van der Waals surface area contributed by atoms with Gasteiger partial charge in [0.25, 0.3) is 0 Å². The number of methoxy groups -OCH3 is 1. The fourth-order valence-corrected chi connectivity index (χ4v) is 3.22. The van der Waals surface area contributed by atoms with Crippen LogP contribution in [0.1, 0.15) is 32.1 Å². The summed E-state index contributed by atoms with van der Waals surface area (Å²) in [5.41, 5.74) is 6.39. The molecule has 5 nitrogen and oxygen atoms in total. The molecule has 2 heterocycles. The van der Waals surface area contributed by atoms with E-state index in [1.807, 2.05) is 0 Å². The van der Waals surface area contributed by atoms with Crippen LogP contribution in [-0.4, -0.2) is 58.4 Å². The zero-order valence-electron chi connectivity index (χ0n) is 12.6. The van der Waals surface area contributed by atoms with Gasteiger partial charge >= 0.3 is 0 Å². The van der Waals surface area contributed by atoms with Gasteiger partial charge in [0.1, 0.15) is 0 Å². The summed E-state index contributed by atoms with van der Waals surface area (Å²) in [6.45, 7) is 4.50. The Kier molecular flexibility index (Phi) is 6.71. The Hall–Kier alpha value is -0.200. The van der Waals surface area contributed by atoms with Gasteiger partial charge in [-0.3, -0.25) is 0 Å². The first-order chi connectivity index (χ1) is 9.76. The van der Waals surface area contributed by atoms with Crippen molar-refractivity contribution in [1.29, 1.82) is 0 Å². The van der Waals surface area contributed by atoms with Gasteiger partial charge in [0, 0.05) is 39.6 Å². The molecule has 1 spiro atoms. The maximum atomic E-state index is 6.36. The highest BCUT2D eigenvalue weighted by Crippen LogP contribution is 2.38. The number of hydrogen-bond acceptors (Lipinski definition) is 5. The lowest BCUT2D eigenvalue weighted by Gasteiger charge is -2.44. The molecule has 2 atom stereocenters. The molecular formula is C15H29NO4. The molecule has 0 aromatic heterocycles. The maximum Gasteiger partial charge on any atom is 0.0729 e. The molecule has 2 unspecified atom stereocenters. The Balaban J connectivity index is 1.70. The van der Waals surface area contributed by atoms with E-state index in [0.29, 0.717) is 19.1 Å². The Morgan fingerprint density at radius 2 is 2.00 bits per heavy atom. The minimum absolute atomic E-state index is 0.0374. The van der Waals surface area contributed by atoms with E-state index in [0.717, 1.165) is 58.5 Å². The first-order valence-electron chi connectivity index (χ1n) is 7.80. The van der Waals surface area contributed by atoms with Gasteiger partial charge in [0.2, 0.25) is 0 Å². The Morgan fingerprint density at radius 1 is 1.20 bits per heavy atom. The van der Waals surface area contributed by atoms with Crippen LogP contribution in [0.5, 0.6) is 0 Å². The van der Waals surface area contributed by atoms with E-state index >= 15 is 0 Å². The standard InChI is InChI=1S/C15H29NO4/c1-17-10-11-18-6-3-14(16)13-2-7-20-15(12-13)4-8-19-9-5-15/h13-14H,2-12,16H2,1H3. The second-order valence-corrected chi connectivity index (χ2v) is 5.95. The van der Waals surface area contributed by atoms with Crippen molar-refractivity contribution in [2.75, 3.05) is 46.8 Å². The highest BCUT2D eigenvalue weighted by molar-refractivity contribution is 4.91. The molecule has 0 aromatic rings. The van der Waals surface area contributed by atoms with Crippen molar-refractivity contribution >= 4 is 0 Å².